The van der Waals surface area contributed by atoms with E-state index in [0.29, 0.717) is 36.0 Å². The van der Waals surface area contributed by atoms with Crippen LogP contribution in [-0.2, 0) is 14.8 Å². The quantitative estimate of drug-likeness (QED) is 0.826. The number of hydrogen-bond acceptors (Lipinski definition) is 3. The van der Waals surface area contributed by atoms with Gasteiger partial charge in [-0.05, 0) is 74.1 Å². The molecule has 4 rings (SSSR count). The van der Waals surface area contributed by atoms with E-state index in [1.54, 1.807) is 28.6 Å². The molecule has 2 saturated carbocycles. The lowest BCUT2D eigenvalue weighted by Crippen LogP contribution is -2.31. The maximum Gasteiger partial charge on any atom is 0.243 e. The number of carbonyl (C=O) groups excluding carboxylic acids is 1. The molecule has 0 spiro atoms. The number of rotatable bonds is 5. The van der Waals surface area contributed by atoms with Crippen LogP contribution in [0.5, 0.6) is 0 Å². The number of sulfonamides is 1. The van der Waals surface area contributed by atoms with E-state index in [9.17, 15) is 13.2 Å². The average molecular weight is 391 g/mol. The number of benzene rings is 1. The first-order chi connectivity index (χ1) is 13.0. The molecule has 1 aromatic rings. The van der Waals surface area contributed by atoms with Crippen LogP contribution >= 0.6 is 0 Å². The highest BCUT2D eigenvalue weighted by molar-refractivity contribution is 7.89. The lowest BCUT2D eigenvalue weighted by molar-refractivity contribution is -0.117. The summed E-state index contributed by atoms with van der Waals surface area (Å²) in [4.78, 5) is 12.7. The van der Waals surface area contributed by atoms with Crippen LogP contribution in [0.4, 0.5) is 5.69 Å². The summed E-state index contributed by atoms with van der Waals surface area (Å²) in [6, 6.07) is 6.66. The van der Waals surface area contributed by atoms with Gasteiger partial charge in [-0.2, -0.15) is 4.31 Å². The smallest absolute Gasteiger partial charge is 0.243 e. The molecule has 6 heteroatoms. The van der Waals surface area contributed by atoms with Gasteiger partial charge >= 0.3 is 0 Å². The summed E-state index contributed by atoms with van der Waals surface area (Å²) in [5.74, 6) is 2.17. The van der Waals surface area contributed by atoms with Crippen LogP contribution in [0.2, 0.25) is 0 Å². The lowest BCUT2D eigenvalue weighted by Gasteiger charge is -2.21. The largest absolute Gasteiger partial charge is 0.326 e. The van der Waals surface area contributed by atoms with E-state index < -0.39 is 10.0 Å². The Morgan fingerprint density at radius 2 is 1.70 bits per heavy atom. The summed E-state index contributed by atoms with van der Waals surface area (Å²) in [6.45, 7) is 1.20. The third-order valence-corrected chi connectivity index (χ3v) is 8.59. The summed E-state index contributed by atoms with van der Waals surface area (Å²) in [5, 5.41) is 2.95. The molecule has 0 aromatic heterocycles. The Labute approximate surface area is 162 Å². The van der Waals surface area contributed by atoms with Gasteiger partial charge in [0.2, 0.25) is 15.9 Å². The van der Waals surface area contributed by atoms with Gasteiger partial charge in [-0.1, -0.05) is 19.3 Å². The number of hydrogen-bond donors (Lipinski definition) is 1. The second-order valence-corrected chi connectivity index (χ2v) is 10.5. The topological polar surface area (TPSA) is 66.5 Å². The van der Waals surface area contributed by atoms with Gasteiger partial charge in [0.1, 0.15) is 0 Å². The van der Waals surface area contributed by atoms with Crippen molar-refractivity contribution < 1.29 is 13.2 Å². The van der Waals surface area contributed by atoms with E-state index in [4.69, 9.17) is 0 Å². The van der Waals surface area contributed by atoms with Crippen LogP contribution < -0.4 is 5.32 Å². The highest BCUT2D eigenvalue weighted by atomic mass is 32.2. The summed E-state index contributed by atoms with van der Waals surface area (Å²) in [5.41, 5.74) is 0.679. The number of fused-ring (bicyclic) bond motifs is 2. The normalized spacial score (nSPS) is 28.8. The SMILES string of the molecule is O=C(C[C@H]1C[C@H]2CC[C@H]1C2)Nc1ccc(S(=O)(=O)N2CCCCCC2)cc1. The van der Waals surface area contributed by atoms with Gasteiger partial charge in [-0.25, -0.2) is 8.42 Å². The molecular formula is C21H30N2O3S. The van der Waals surface area contributed by atoms with Gasteiger partial charge in [0.25, 0.3) is 0 Å². The number of anilines is 1. The van der Waals surface area contributed by atoms with Crippen molar-refractivity contribution in [3.63, 3.8) is 0 Å². The predicted octanol–water partition coefficient (Wildman–Crippen LogP) is 4.02. The molecule has 3 atom stereocenters. The zero-order valence-corrected chi connectivity index (χ0v) is 16.7. The molecule has 2 aliphatic carbocycles. The molecule has 148 valence electrons. The van der Waals surface area contributed by atoms with E-state index in [2.05, 4.69) is 5.32 Å². The molecule has 1 amide bonds. The van der Waals surface area contributed by atoms with E-state index >= 15 is 0 Å². The Balaban J connectivity index is 1.36. The molecule has 0 radical (unpaired) electrons. The minimum Gasteiger partial charge on any atom is -0.326 e. The Hall–Kier alpha value is -1.40. The van der Waals surface area contributed by atoms with E-state index in [0.717, 1.165) is 37.5 Å². The fraction of sp³-hybridized carbons (Fsp3) is 0.667. The van der Waals surface area contributed by atoms with Gasteiger partial charge < -0.3 is 5.32 Å². The maximum atomic E-state index is 12.8. The Morgan fingerprint density at radius 3 is 2.30 bits per heavy atom. The van der Waals surface area contributed by atoms with Gasteiger partial charge in [-0.3, -0.25) is 4.79 Å². The fourth-order valence-electron chi connectivity index (χ4n) is 5.22. The summed E-state index contributed by atoms with van der Waals surface area (Å²) in [6.07, 6.45) is 9.77. The van der Waals surface area contributed by atoms with Crippen LogP contribution in [0, 0.1) is 17.8 Å². The van der Waals surface area contributed by atoms with E-state index in [-0.39, 0.29) is 5.91 Å². The second kappa shape index (κ2) is 7.92. The molecule has 1 aliphatic heterocycles. The van der Waals surface area contributed by atoms with Crippen LogP contribution in [0.3, 0.4) is 0 Å². The van der Waals surface area contributed by atoms with Crippen molar-refractivity contribution >= 4 is 21.6 Å². The maximum absolute atomic E-state index is 12.8. The number of carbonyl (C=O) groups is 1. The van der Waals surface area contributed by atoms with Crippen molar-refractivity contribution in [1.29, 1.82) is 0 Å². The van der Waals surface area contributed by atoms with Crippen molar-refractivity contribution in [1.82, 2.24) is 4.31 Å². The highest BCUT2D eigenvalue weighted by Gasteiger charge is 2.40. The molecule has 5 nitrogen and oxygen atoms in total. The lowest BCUT2D eigenvalue weighted by atomic mass is 9.86. The molecule has 0 unspecified atom stereocenters. The standard InChI is InChI=1S/C21H30N2O3S/c24-21(15-18-14-16-5-6-17(18)13-16)22-19-7-9-20(10-8-19)27(25,26)23-11-3-1-2-4-12-23/h7-10,16-18H,1-6,11-15H2,(H,22,24)/t16-,17-,18+/m0/s1. The molecule has 1 saturated heterocycles. The van der Waals surface area contributed by atoms with Crippen molar-refractivity contribution in [2.24, 2.45) is 17.8 Å². The van der Waals surface area contributed by atoms with Gasteiger partial charge in [0.05, 0.1) is 4.90 Å². The van der Waals surface area contributed by atoms with Crippen LogP contribution in [0.25, 0.3) is 0 Å². The molecule has 3 aliphatic rings. The summed E-state index contributed by atoms with van der Waals surface area (Å²) >= 11 is 0. The van der Waals surface area contributed by atoms with Crippen LogP contribution in [0.15, 0.2) is 29.2 Å². The first kappa shape index (κ1) is 18.9. The van der Waals surface area contributed by atoms with Crippen LogP contribution in [-0.4, -0.2) is 31.7 Å². The monoisotopic (exact) mass is 390 g/mol. The molecular weight excluding hydrogens is 360 g/mol. The van der Waals surface area contributed by atoms with Gasteiger partial charge in [0, 0.05) is 25.2 Å². The third kappa shape index (κ3) is 4.21. The van der Waals surface area contributed by atoms with Crippen molar-refractivity contribution in [3.05, 3.63) is 24.3 Å². The first-order valence-corrected chi connectivity index (χ1v) is 11.9. The van der Waals surface area contributed by atoms with Crippen molar-refractivity contribution in [3.8, 4) is 0 Å². The molecule has 2 bridgehead atoms. The molecule has 1 N–H and O–H groups in total. The van der Waals surface area contributed by atoms with Gasteiger partial charge in [-0.15, -0.1) is 0 Å². The second-order valence-electron chi connectivity index (χ2n) is 8.53. The van der Waals surface area contributed by atoms with E-state index in [1.165, 1.54) is 25.7 Å². The summed E-state index contributed by atoms with van der Waals surface area (Å²) in [7, 11) is -3.43. The molecule has 3 fully saturated rings. The van der Waals surface area contributed by atoms with E-state index in [1.807, 2.05) is 0 Å². The predicted molar refractivity (Wildman–Crippen MR) is 106 cm³/mol. The van der Waals surface area contributed by atoms with Crippen molar-refractivity contribution in [2.75, 3.05) is 18.4 Å². The van der Waals surface area contributed by atoms with Crippen molar-refractivity contribution in [2.45, 2.75) is 62.7 Å². The minimum atomic E-state index is -3.43. The Kier molecular flexibility index (Phi) is 5.55. The Bertz CT molecular complexity index is 767. The number of nitrogens with zero attached hydrogens (tertiary/aromatic N) is 1. The van der Waals surface area contributed by atoms with Crippen LogP contribution in [0.1, 0.15) is 57.8 Å². The number of nitrogens with one attached hydrogen (secondary N) is 1. The minimum absolute atomic E-state index is 0.0516. The molecule has 1 heterocycles. The Morgan fingerprint density at radius 1 is 1.00 bits per heavy atom. The fourth-order valence-corrected chi connectivity index (χ4v) is 6.74. The van der Waals surface area contributed by atoms with Gasteiger partial charge in [0.15, 0.2) is 0 Å². The zero-order valence-electron chi connectivity index (χ0n) is 15.9. The molecule has 27 heavy (non-hydrogen) atoms. The summed E-state index contributed by atoms with van der Waals surface area (Å²) < 4.78 is 27.2. The highest BCUT2D eigenvalue weighted by Crippen LogP contribution is 2.49. The average Bonchev–Trinajstić information content (AvgIpc) is 3.14. The number of amides is 1. The third-order valence-electron chi connectivity index (χ3n) is 6.67. The first-order valence-electron chi connectivity index (χ1n) is 10.4. The zero-order chi connectivity index (χ0) is 18.9. The molecule has 1 aromatic carbocycles.